The second kappa shape index (κ2) is 14.1. The summed E-state index contributed by atoms with van der Waals surface area (Å²) in [7, 11) is 0. The van der Waals surface area contributed by atoms with Crippen LogP contribution in [-0.2, 0) is 5.41 Å². The van der Waals surface area contributed by atoms with E-state index in [1.807, 2.05) is 24.3 Å². The van der Waals surface area contributed by atoms with E-state index in [0.717, 1.165) is 37.2 Å². The molecule has 0 radical (unpaired) electrons. The van der Waals surface area contributed by atoms with Crippen molar-refractivity contribution in [1.82, 2.24) is 0 Å². The molecule has 0 unspecified atom stereocenters. The van der Waals surface area contributed by atoms with Gasteiger partial charge in [0.1, 0.15) is 11.5 Å². The van der Waals surface area contributed by atoms with E-state index in [4.69, 9.17) is 9.47 Å². The van der Waals surface area contributed by atoms with Crippen molar-refractivity contribution in [3.8, 4) is 22.6 Å². The Morgan fingerprint density at radius 1 is 0.581 bits per heavy atom. The van der Waals surface area contributed by atoms with Crippen LogP contribution in [0.2, 0.25) is 0 Å². The van der Waals surface area contributed by atoms with Crippen LogP contribution < -0.4 is 9.47 Å². The summed E-state index contributed by atoms with van der Waals surface area (Å²) in [5, 5.41) is 0. The zero-order chi connectivity index (χ0) is 30.1. The molecule has 0 atom stereocenters. The van der Waals surface area contributed by atoms with Crippen molar-refractivity contribution < 1.29 is 9.47 Å². The van der Waals surface area contributed by atoms with Crippen molar-refractivity contribution in [2.24, 2.45) is 0 Å². The van der Waals surface area contributed by atoms with E-state index in [2.05, 4.69) is 124 Å². The van der Waals surface area contributed by atoms with Crippen LogP contribution in [0.3, 0.4) is 0 Å². The quantitative estimate of drug-likeness (QED) is 0.0983. The fourth-order valence-corrected chi connectivity index (χ4v) is 6.11. The van der Waals surface area contributed by atoms with Crippen LogP contribution >= 0.6 is 0 Å². The molecule has 0 aliphatic heterocycles. The number of unbranched alkanes of at least 4 members (excludes halogenated alkanes) is 2. The van der Waals surface area contributed by atoms with E-state index in [9.17, 15) is 0 Å². The van der Waals surface area contributed by atoms with Gasteiger partial charge in [0.25, 0.3) is 0 Å². The van der Waals surface area contributed by atoms with Gasteiger partial charge in [0.15, 0.2) is 0 Å². The van der Waals surface area contributed by atoms with Gasteiger partial charge in [-0.2, -0.15) is 0 Å². The van der Waals surface area contributed by atoms with E-state index < -0.39 is 5.41 Å². The first-order valence-corrected chi connectivity index (χ1v) is 15.3. The SMILES string of the molecule is C=C/C=C/CCCOc1ccc(C2(c3ccc(OCCC/C=C/C=C)cc3)c3cc(C)ccc3-c3ccc(C)cc32)cc1. The van der Waals surface area contributed by atoms with Gasteiger partial charge in [0.2, 0.25) is 0 Å². The van der Waals surface area contributed by atoms with Gasteiger partial charge >= 0.3 is 0 Å². The molecule has 4 aromatic rings. The standard InChI is InChI=1S/C41H42O2/c1-5-7-9-11-13-27-42-35-21-17-33(18-22-35)41(34-19-23-36(24-20-34)43-28-14-12-10-8-6-2)39-29-31(3)15-25-37(39)38-26-16-32(4)30-40(38)41/h5-10,15-26,29-30H,1-2,11-14,27-28H2,3-4H3/b9-7+,10-8+. The summed E-state index contributed by atoms with van der Waals surface area (Å²) < 4.78 is 12.2. The highest BCUT2D eigenvalue weighted by Crippen LogP contribution is 2.56. The number of hydrogen-bond acceptors (Lipinski definition) is 2. The molecule has 0 bridgehead atoms. The zero-order valence-corrected chi connectivity index (χ0v) is 25.5. The van der Waals surface area contributed by atoms with E-state index >= 15 is 0 Å². The fourth-order valence-electron chi connectivity index (χ4n) is 6.11. The number of benzene rings is 4. The molecule has 2 heteroatoms. The lowest BCUT2D eigenvalue weighted by atomic mass is 9.67. The van der Waals surface area contributed by atoms with Crippen LogP contribution in [0, 0.1) is 13.8 Å². The van der Waals surface area contributed by atoms with Gasteiger partial charge < -0.3 is 9.47 Å². The Morgan fingerprint density at radius 3 is 1.40 bits per heavy atom. The molecular formula is C41H42O2. The molecule has 218 valence electrons. The lowest BCUT2D eigenvalue weighted by molar-refractivity contribution is 0.312. The van der Waals surface area contributed by atoms with E-state index in [1.54, 1.807) is 0 Å². The van der Waals surface area contributed by atoms with Gasteiger partial charge in [0.05, 0.1) is 18.6 Å². The van der Waals surface area contributed by atoms with Crippen molar-refractivity contribution in [3.63, 3.8) is 0 Å². The largest absolute Gasteiger partial charge is 0.494 e. The van der Waals surface area contributed by atoms with Gasteiger partial charge in [-0.05, 0) is 97.2 Å². The fraction of sp³-hybridized carbons (Fsp3) is 0.220. The smallest absolute Gasteiger partial charge is 0.119 e. The molecule has 2 nitrogen and oxygen atoms in total. The lowest BCUT2D eigenvalue weighted by Gasteiger charge is -2.34. The number of rotatable bonds is 14. The topological polar surface area (TPSA) is 18.5 Å². The van der Waals surface area contributed by atoms with E-state index in [-0.39, 0.29) is 0 Å². The highest BCUT2D eigenvalue weighted by Gasteiger charge is 2.46. The maximum atomic E-state index is 6.12. The second-order valence-corrected chi connectivity index (χ2v) is 11.2. The Kier molecular flexibility index (Phi) is 9.79. The summed E-state index contributed by atoms with van der Waals surface area (Å²) in [6.45, 7) is 13.2. The number of ether oxygens (including phenoxy) is 2. The molecule has 0 spiro atoms. The van der Waals surface area contributed by atoms with Gasteiger partial charge in [0, 0.05) is 0 Å². The van der Waals surface area contributed by atoms with Crippen LogP contribution in [-0.4, -0.2) is 13.2 Å². The average molecular weight is 567 g/mol. The van der Waals surface area contributed by atoms with Crippen molar-refractivity contribution in [2.75, 3.05) is 13.2 Å². The van der Waals surface area contributed by atoms with Gasteiger partial charge in [-0.15, -0.1) is 0 Å². The summed E-state index contributed by atoms with van der Waals surface area (Å²) in [5.41, 5.74) is 9.73. The molecule has 0 aromatic heterocycles. The maximum absolute atomic E-state index is 6.12. The van der Waals surface area contributed by atoms with Crippen LogP contribution in [0.5, 0.6) is 11.5 Å². The molecule has 0 heterocycles. The predicted octanol–water partition coefficient (Wildman–Crippen LogP) is 10.5. The minimum absolute atomic E-state index is 0.454. The van der Waals surface area contributed by atoms with Crippen LogP contribution in [0.15, 0.2) is 135 Å². The number of allylic oxidation sites excluding steroid dienone is 6. The summed E-state index contributed by atoms with van der Waals surface area (Å²) >= 11 is 0. The monoisotopic (exact) mass is 566 g/mol. The third-order valence-electron chi connectivity index (χ3n) is 8.14. The number of hydrogen-bond donors (Lipinski definition) is 0. The van der Waals surface area contributed by atoms with Crippen molar-refractivity contribution in [1.29, 1.82) is 0 Å². The van der Waals surface area contributed by atoms with Gasteiger partial charge in [-0.3, -0.25) is 0 Å². The number of fused-ring (bicyclic) bond motifs is 3. The molecule has 0 amide bonds. The Morgan fingerprint density at radius 2 is 1.00 bits per heavy atom. The summed E-state index contributed by atoms with van der Waals surface area (Å²) in [6.07, 6.45) is 15.7. The molecule has 0 N–H and O–H groups in total. The molecular weight excluding hydrogens is 524 g/mol. The highest BCUT2D eigenvalue weighted by molar-refractivity contribution is 5.86. The van der Waals surface area contributed by atoms with Crippen molar-refractivity contribution in [3.05, 3.63) is 168 Å². The van der Waals surface area contributed by atoms with Crippen LogP contribution in [0.1, 0.15) is 59.1 Å². The predicted molar refractivity (Wildman–Crippen MR) is 181 cm³/mol. The Balaban J connectivity index is 1.52. The molecule has 43 heavy (non-hydrogen) atoms. The minimum atomic E-state index is -0.454. The molecule has 1 aliphatic carbocycles. The summed E-state index contributed by atoms with van der Waals surface area (Å²) in [6, 6.07) is 31.2. The van der Waals surface area contributed by atoms with Gasteiger partial charge in [-0.25, -0.2) is 0 Å². The van der Waals surface area contributed by atoms with Crippen LogP contribution in [0.4, 0.5) is 0 Å². The lowest BCUT2D eigenvalue weighted by Crippen LogP contribution is -2.28. The first-order valence-electron chi connectivity index (χ1n) is 15.3. The zero-order valence-electron chi connectivity index (χ0n) is 25.5. The summed E-state index contributed by atoms with van der Waals surface area (Å²) in [4.78, 5) is 0. The number of aryl methyl sites for hydroxylation is 2. The average Bonchev–Trinajstić information content (AvgIpc) is 3.30. The van der Waals surface area contributed by atoms with Crippen molar-refractivity contribution >= 4 is 0 Å². The third kappa shape index (κ3) is 6.44. The Hall–Kier alpha value is -4.56. The third-order valence-corrected chi connectivity index (χ3v) is 8.14. The first-order chi connectivity index (χ1) is 21.1. The maximum Gasteiger partial charge on any atom is 0.119 e. The van der Waals surface area contributed by atoms with E-state index in [1.165, 1.54) is 44.5 Å². The minimum Gasteiger partial charge on any atom is -0.494 e. The molecule has 5 rings (SSSR count). The second-order valence-electron chi connectivity index (χ2n) is 11.2. The molecule has 0 fully saturated rings. The Bertz CT molecular complexity index is 1480. The molecule has 0 saturated carbocycles. The van der Waals surface area contributed by atoms with Gasteiger partial charge in [-0.1, -0.05) is 121 Å². The van der Waals surface area contributed by atoms with E-state index in [0.29, 0.717) is 13.2 Å². The molecule has 1 aliphatic rings. The highest BCUT2D eigenvalue weighted by atomic mass is 16.5. The van der Waals surface area contributed by atoms with Crippen LogP contribution in [0.25, 0.3) is 11.1 Å². The Labute approximate surface area is 257 Å². The van der Waals surface area contributed by atoms with Crippen molar-refractivity contribution in [2.45, 2.75) is 44.9 Å². The molecule has 4 aromatic carbocycles. The molecule has 0 saturated heterocycles. The first kappa shape index (κ1) is 29.9. The summed E-state index contributed by atoms with van der Waals surface area (Å²) in [5.74, 6) is 1.79. The normalized spacial score (nSPS) is 13.2.